The van der Waals surface area contributed by atoms with E-state index >= 15 is 0 Å². The molecule has 1 unspecified atom stereocenters. The van der Waals surface area contributed by atoms with Gasteiger partial charge in [-0.3, -0.25) is 9.79 Å². The Hall–Kier alpha value is -2.28. The first-order valence-electron chi connectivity index (χ1n) is 10.7. The minimum absolute atomic E-state index is 0.0404. The van der Waals surface area contributed by atoms with E-state index in [9.17, 15) is 4.79 Å². The summed E-state index contributed by atoms with van der Waals surface area (Å²) in [7, 11) is 1.78. The summed E-state index contributed by atoms with van der Waals surface area (Å²) in [5, 5.41) is 6.68. The number of hydrogen-bond donors (Lipinski definition) is 3. The number of carbonyl (C=O) groups excluding carboxylic acids is 1. The molecule has 0 saturated carbocycles. The van der Waals surface area contributed by atoms with Gasteiger partial charge in [-0.1, -0.05) is 12.1 Å². The molecule has 2 rings (SSSR count). The number of guanidine groups is 1. The van der Waals surface area contributed by atoms with Gasteiger partial charge in [0.25, 0.3) is 0 Å². The van der Waals surface area contributed by atoms with Gasteiger partial charge in [-0.2, -0.15) is 0 Å². The fourth-order valence-corrected chi connectivity index (χ4v) is 3.53. The van der Waals surface area contributed by atoms with Gasteiger partial charge in [-0.05, 0) is 76.9 Å². The van der Waals surface area contributed by atoms with Crippen molar-refractivity contribution in [3.05, 3.63) is 29.8 Å². The lowest BCUT2D eigenvalue weighted by Crippen LogP contribution is -2.42. The standard InChI is InChI=1S/C22H37N5O2/c1-17-7-6-8-20(15-17)29-18(2)16-26-22(24-3)25-11-4-5-12-27-13-9-19(10-14-27)21(23)28/h6-8,15,18-19H,4-5,9-14,16H2,1-3H3,(H2,23,28)(H2,24,25,26). The van der Waals surface area contributed by atoms with Crippen LogP contribution in [-0.2, 0) is 4.79 Å². The molecule has 1 saturated heterocycles. The fourth-order valence-electron chi connectivity index (χ4n) is 3.53. The van der Waals surface area contributed by atoms with Crippen LogP contribution in [0.2, 0.25) is 0 Å². The normalized spacial score (nSPS) is 17.0. The molecule has 0 spiro atoms. The van der Waals surface area contributed by atoms with Crippen LogP contribution < -0.4 is 21.1 Å². The summed E-state index contributed by atoms with van der Waals surface area (Å²) in [4.78, 5) is 17.9. The highest BCUT2D eigenvalue weighted by atomic mass is 16.5. The van der Waals surface area contributed by atoms with E-state index in [1.165, 1.54) is 5.56 Å². The highest BCUT2D eigenvalue weighted by molar-refractivity contribution is 5.79. The predicted molar refractivity (Wildman–Crippen MR) is 118 cm³/mol. The Morgan fingerprint density at radius 2 is 2.07 bits per heavy atom. The molecule has 0 bridgehead atoms. The second-order valence-corrected chi connectivity index (χ2v) is 7.85. The number of aliphatic imine (C=N–C) groups is 1. The SMILES string of the molecule is CN=C(NCCCCN1CCC(C(N)=O)CC1)NCC(C)Oc1cccc(C)c1. The van der Waals surface area contributed by atoms with Crippen molar-refractivity contribution in [1.29, 1.82) is 0 Å². The van der Waals surface area contributed by atoms with E-state index in [1.807, 2.05) is 25.1 Å². The first kappa shape index (κ1) is 23.0. The van der Waals surface area contributed by atoms with Crippen LogP contribution in [0.4, 0.5) is 0 Å². The van der Waals surface area contributed by atoms with Gasteiger partial charge in [-0.15, -0.1) is 0 Å². The zero-order valence-corrected chi connectivity index (χ0v) is 18.1. The molecule has 1 fully saturated rings. The molecule has 1 atom stereocenters. The van der Waals surface area contributed by atoms with Crippen LogP contribution >= 0.6 is 0 Å². The number of hydrogen-bond acceptors (Lipinski definition) is 4. The minimum Gasteiger partial charge on any atom is -0.489 e. The summed E-state index contributed by atoms with van der Waals surface area (Å²) < 4.78 is 5.94. The Bertz CT molecular complexity index is 656. The van der Waals surface area contributed by atoms with Crippen molar-refractivity contribution in [2.45, 2.75) is 45.6 Å². The first-order valence-corrected chi connectivity index (χ1v) is 10.7. The lowest BCUT2D eigenvalue weighted by molar-refractivity contribution is -0.123. The molecular weight excluding hydrogens is 366 g/mol. The third-order valence-corrected chi connectivity index (χ3v) is 5.29. The van der Waals surface area contributed by atoms with E-state index in [4.69, 9.17) is 10.5 Å². The average Bonchev–Trinajstić information content (AvgIpc) is 2.70. The molecule has 4 N–H and O–H groups in total. The highest BCUT2D eigenvalue weighted by Crippen LogP contribution is 2.17. The van der Waals surface area contributed by atoms with E-state index in [0.717, 1.165) is 63.6 Å². The molecule has 7 nitrogen and oxygen atoms in total. The quantitative estimate of drug-likeness (QED) is 0.315. The molecule has 162 valence electrons. The summed E-state index contributed by atoms with van der Waals surface area (Å²) in [6.07, 6.45) is 4.03. The number of amides is 1. The fraction of sp³-hybridized carbons (Fsp3) is 0.636. The summed E-state index contributed by atoms with van der Waals surface area (Å²) in [5.41, 5.74) is 6.58. The van der Waals surface area contributed by atoms with Crippen LogP contribution in [0.25, 0.3) is 0 Å². The van der Waals surface area contributed by atoms with E-state index in [1.54, 1.807) is 7.05 Å². The second-order valence-electron chi connectivity index (χ2n) is 7.85. The number of likely N-dealkylation sites (tertiary alicyclic amines) is 1. The third kappa shape index (κ3) is 8.73. The number of unbranched alkanes of at least 4 members (excludes halogenated alkanes) is 1. The van der Waals surface area contributed by atoms with Gasteiger partial charge < -0.3 is 26.0 Å². The van der Waals surface area contributed by atoms with Gasteiger partial charge in [0.15, 0.2) is 5.96 Å². The van der Waals surface area contributed by atoms with Crippen molar-refractivity contribution in [1.82, 2.24) is 15.5 Å². The van der Waals surface area contributed by atoms with Crippen LogP contribution in [0.3, 0.4) is 0 Å². The number of rotatable bonds is 10. The Labute approximate surface area is 175 Å². The molecule has 29 heavy (non-hydrogen) atoms. The molecule has 7 heteroatoms. The van der Waals surface area contributed by atoms with Gasteiger partial charge in [0.2, 0.25) is 5.91 Å². The lowest BCUT2D eigenvalue weighted by atomic mass is 9.96. The maximum atomic E-state index is 11.2. The second kappa shape index (κ2) is 12.3. The summed E-state index contributed by atoms with van der Waals surface area (Å²) in [5.74, 6) is 1.61. The molecule has 1 amide bonds. The number of nitrogens with zero attached hydrogens (tertiary/aromatic N) is 2. The Morgan fingerprint density at radius 1 is 1.31 bits per heavy atom. The number of benzene rings is 1. The van der Waals surface area contributed by atoms with Crippen LogP contribution in [0, 0.1) is 12.8 Å². The maximum absolute atomic E-state index is 11.2. The molecule has 1 aliphatic heterocycles. The smallest absolute Gasteiger partial charge is 0.220 e. The van der Waals surface area contributed by atoms with Crippen LogP contribution in [-0.4, -0.2) is 62.6 Å². The molecule has 1 aliphatic rings. The van der Waals surface area contributed by atoms with Crippen molar-refractivity contribution in [2.75, 3.05) is 39.8 Å². The van der Waals surface area contributed by atoms with Crippen molar-refractivity contribution in [3.63, 3.8) is 0 Å². The van der Waals surface area contributed by atoms with E-state index in [-0.39, 0.29) is 17.9 Å². The Morgan fingerprint density at radius 3 is 2.72 bits per heavy atom. The zero-order chi connectivity index (χ0) is 21.1. The van der Waals surface area contributed by atoms with Gasteiger partial charge in [-0.25, -0.2) is 0 Å². The monoisotopic (exact) mass is 403 g/mol. The number of ether oxygens (including phenoxy) is 1. The van der Waals surface area contributed by atoms with Crippen molar-refractivity contribution < 1.29 is 9.53 Å². The van der Waals surface area contributed by atoms with Crippen LogP contribution in [0.5, 0.6) is 5.75 Å². The number of primary amides is 1. The molecule has 1 heterocycles. The van der Waals surface area contributed by atoms with Crippen molar-refractivity contribution in [3.8, 4) is 5.75 Å². The zero-order valence-electron chi connectivity index (χ0n) is 18.1. The Kier molecular flexibility index (Phi) is 9.77. The number of piperidine rings is 1. The number of nitrogens with two attached hydrogens (primary N) is 1. The van der Waals surface area contributed by atoms with Gasteiger partial charge in [0.1, 0.15) is 11.9 Å². The third-order valence-electron chi connectivity index (χ3n) is 5.29. The summed E-state index contributed by atoms with van der Waals surface area (Å²) >= 11 is 0. The largest absolute Gasteiger partial charge is 0.489 e. The maximum Gasteiger partial charge on any atom is 0.220 e. The van der Waals surface area contributed by atoms with Crippen molar-refractivity contribution >= 4 is 11.9 Å². The van der Waals surface area contributed by atoms with Gasteiger partial charge >= 0.3 is 0 Å². The Balaban J connectivity index is 1.55. The minimum atomic E-state index is -0.147. The first-order chi connectivity index (χ1) is 14.0. The van der Waals surface area contributed by atoms with Crippen LogP contribution in [0.1, 0.15) is 38.2 Å². The van der Waals surface area contributed by atoms with E-state index < -0.39 is 0 Å². The topological polar surface area (TPSA) is 92.0 Å². The van der Waals surface area contributed by atoms with Crippen LogP contribution in [0.15, 0.2) is 29.3 Å². The average molecular weight is 404 g/mol. The van der Waals surface area contributed by atoms with E-state index in [0.29, 0.717) is 6.54 Å². The van der Waals surface area contributed by atoms with Crippen molar-refractivity contribution in [2.24, 2.45) is 16.6 Å². The molecule has 0 aromatic heterocycles. The highest BCUT2D eigenvalue weighted by Gasteiger charge is 2.22. The number of carbonyl (C=O) groups is 1. The molecule has 1 aromatic carbocycles. The van der Waals surface area contributed by atoms with Gasteiger partial charge in [0, 0.05) is 19.5 Å². The lowest BCUT2D eigenvalue weighted by Gasteiger charge is -2.30. The van der Waals surface area contributed by atoms with E-state index in [2.05, 4.69) is 33.5 Å². The van der Waals surface area contributed by atoms with Gasteiger partial charge in [0.05, 0.1) is 6.54 Å². The number of nitrogens with one attached hydrogen (secondary N) is 2. The summed E-state index contributed by atoms with van der Waals surface area (Å²) in [6, 6.07) is 8.09. The molecule has 1 aromatic rings. The predicted octanol–water partition coefficient (Wildman–Crippen LogP) is 1.90. The summed E-state index contributed by atoms with van der Waals surface area (Å²) in [6.45, 7) is 8.69. The molecular formula is C22H37N5O2. The molecule has 0 radical (unpaired) electrons. The number of aryl methyl sites for hydroxylation is 1. The molecule has 0 aliphatic carbocycles.